The monoisotopic (exact) mass is 492 g/mol. The number of aryl methyl sites for hydroxylation is 1. The molecule has 0 saturated carbocycles. The van der Waals surface area contributed by atoms with Crippen LogP contribution < -0.4 is 5.32 Å². The third-order valence-corrected chi connectivity index (χ3v) is 6.95. The predicted molar refractivity (Wildman–Crippen MR) is 121 cm³/mol. The van der Waals surface area contributed by atoms with Gasteiger partial charge in [0.1, 0.15) is 0 Å². The van der Waals surface area contributed by atoms with E-state index in [0.29, 0.717) is 22.7 Å². The summed E-state index contributed by atoms with van der Waals surface area (Å²) in [7, 11) is -2.53. The Balaban J connectivity index is 1.70. The number of aromatic nitrogens is 1. The quantitative estimate of drug-likeness (QED) is 0.484. The molecular weight excluding hydrogens is 475 g/mol. The SMILES string of the molecule is COC(=O)CCc1ccc(S(=O)(=O)c2ccc(NC(=O)c3ccc(Cl)c(Cl)c3)cn2)cc1. The van der Waals surface area contributed by atoms with E-state index in [1.807, 2.05) is 0 Å². The molecule has 32 heavy (non-hydrogen) atoms. The van der Waals surface area contributed by atoms with Gasteiger partial charge in [-0.3, -0.25) is 9.59 Å². The van der Waals surface area contributed by atoms with Crippen LogP contribution in [0.3, 0.4) is 0 Å². The van der Waals surface area contributed by atoms with Crippen molar-refractivity contribution in [3.05, 3.63) is 82.0 Å². The number of rotatable bonds is 7. The van der Waals surface area contributed by atoms with Gasteiger partial charge in [0.25, 0.3) is 5.91 Å². The largest absolute Gasteiger partial charge is 0.469 e. The van der Waals surface area contributed by atoms with E-state index in [1.54, 1.807) is 12.1 Å². The summed E-state index contributed by atoms with van der Waals surface area (Å²) in [6.07, 6.45) is 1.91. The Labute approximate surface area is 195 Å². The van der Waals surface area contributed by atoms with Crippen molar-refractivity contribution < 1.29 is 22.7 Å². The number of benzene rings is 2. The lowest BCUT2D eigenvalue weighted by Crippen LogP contribution is -2.12. The van der Waals surface area contributed by atoms with Crippen LogP contribution in [0.4, 0.5) is 5.69 Å². The summed E-state index contributed by atoms with van der Waals surface area (Å²) in [5, 5.41) is 3.04. The summed E-state index contributed by atoms with van der Waals surface area (Å²) >= 11 is 11.8. The highest BCUT2D eigenvalue weighted by molar-refractivity contribution is 7.91. The zero-order valence-electron chi connectivity index (χ0n) is 16.8. The number of anilines is 1. The van der Waals surface area contributed by atoms with Crippen molar-refractivity contribution in [2.45, 2.75) is 22.8 Å². The molecule has 2 aromatic carbocycles. The van der Waals surface area contributed by atoms with Crippen LogP contribution in [0.15, 0.2) is 70.7 Å². The van der Waals surface area contributed by atoms with Crippen molar-refractivity contribution in [1.29, 1.82) is 0 Å². The number of methoxy groups -OCH3 is 1. The molecule has 0 atom stereocenters. The third-order valence-electron chi connectivity index (χ3n) is 4.53. The smallest absolute Gasteiger partial charge is 0.305 e. The van der Waals surface area contributed by atoms with Gasteiger partial charge in [-0.05, 0) is 54.4 Å². The molecule has 0 unspecified atom stereocenters. The molecule has 1 aromatic heterocycles. The topological polar surface area (TPSA) is 102 Å². The average Bonchev–Trinajstić information content (AvgIpc) is 2.79. The van der Waals surface area contributed by atoms with E-state index in [9.17, 15) is 18.0 Å². The minimum absolute atomic E-state index is 0.0689. The van der Waals surface area contributed by atoms with Crippen molar-refractivity contribution in [2.75, 3.05) is 12.4 Å². The van der Waals surface area contributed by atoms with E-state index in [2.05, 4.69) is 15.0 Å². The number of nitrogens with one attached hydrogen (secondary N) is 1. The first-order chi connectivity index (χ1) is 15.2. The number of ether oxygens (including phenoxy) is 1. The Morgan fingerprint density at radius 1 is 1.00 bits per heavy atom. The Hall–Kier alpha value is -2.94. The number of hydrogen-bond acceptors (Lipinski definition) is 6. The van der Waals surface area contributed by atoms with Crippen LogP contribution in [-0.4, -0.2) is 32.4 Å². The highest BCUT2D eigenvalue weighted by atomic mass is 35.5. The van der Waals surface area contributed by atoms with Crippen LogP contribution in [-0.2, 0) is 25.8 Å². The number of halogens is 2. The summed E-state index contributed by atoms with van der Waals surface area (Å²) in [5.41, 5.74) is 1.42. The molecular formula is C22H18Cl2N2O5S. The zero-order chi connectivity index (χ0) is 23.3. The van der Waals surface area contributed by atoms with Gasteiger partial charge < -0.3 is 10.1 Å². The van der Waals surface area contributed by atoms with Crippen LogP contribution in [0.1, 0.15) is 22.3 Å². The molecule has 7 nitrogen and oxygen atoms in total. The molecule has 1 N–H and O–H groups in total. The van der Waals surface area contributed by atoms with Gasteiger partial charge in [0.2, 0.25) is 9.84 Å². The molecule has 0 bridgehead atoms. The summed E-state index contributed by atoms with van der Waals surface area (Å²) in [6.45, 7) is 0. The molecule has 3 rings (SSSR count). The average molecular weight is 493 g/mol. The molecule has 1 amide bonds. The Morgan fingerprint density at radius 2 is 1.72 bits per heavy atom. The second-order valence-corrected chi connectivity index (χ2v) is 9.40. The fourth-order valence-corrected chi connectivity index (χ4v) is 4.23. The van der Waals surface area contributed by atoms with Gasteiger partial charge in [0, 0.05) is 12.0 Å². The second-order valence-electron chi connectivity index (χ2n) is 6.69. The van der Waals surface area contributed by atoms with Crippen LogP contribution in [0.25, 0.3) is 0 Å². The van der Waals surface area contributed by atoms with E-state index >= 15 is 0 Å². The lowest BCUT2D eigenvalue weighted by atomic mass is 10.1. The lowest BCUT2D eigenvalue weighted by Gasteiger charge is -2.08. The standard InChI is InChI=1S/C22H18Cl2N2O5S/c1-31-21(27)11-4-14-2-7-17(8-3-14)32(29,30)20-10-6-16(13-25-20)26-22(28)15-5-9-18(23)19(24)12-15/h2-3,5-10,12-13H,4,11H2,1H3,(H,26,28). The van der Waals surface area contributed by atoms with Gasteiger partial charge in [0.15, 0.2) is 5.03 Å². The number of sulfone groups is 1. The number of carbonyl (C=O) groups is 2. The zero-order valence-corrected chi connectivity index (χ0v) is 19.2. The molecule has 0 aliphatic heterocycles. The highest BCUT2D eigenvalue weighted by Gasteiger charge is 2.19. The molecule has 0 radical (unpaired) electrons. The highest BCUT2D eigenvalue weighted by Crippen LogP contribution is 2.24. The van der Waals surface area contributed by atoms with E-state index in [4.69, 9.17) is 23.2 Å². The number of hydrogen-bond donors (Lipinski definition) is 1. The molecule has 0 aliphatic carbocycles. The number of carbonyl (C=O) groups excluding carboxylic acids is 2. The molecule has 1 heterocycles. The maximum atomic E-state index is 12.8. The first-order valence-electron chi connectivity index (χ1n) is 9.34. The number of pyridine rings is 1. The van der Waals surface area contributed by atoms with Crippen molar-refractivity contribution >= 4 is 50.6 Å². The van der Waals surface area contributed by atoms with E-state index in [1.165, 1.54) is 55.8 Å². The van der Waals surface area contributed by atoms with Gasteiger partial charge in [-0.15, -0.1) is 0 Å². The van der Waals surface area contributed by atoms with Crippen molar-refractivity contribution in [3.8, 4) is 0 Å². The Morgan fingerprint density at radius 3 is 2.31 bits per heavy atom. The fourth-order valence-electron chi connectivity index (χ4n) is 2.76. The number of amides is 1. The van der Waals surface area contributed by atoms with Gasteiger partial charge in [0.05, 0.1) is 33.9 Å². The molecule has 10 heteroatoms. The first-order valence-corrected chi connectivity index (χ1v) is 11.6. The van der Waals surface area contributed by atoms with Gasteiger partial charge in [-0.1, -0.05) is 35.3 Å². The number of esters is 1. The first kappa shape index (κ1) is 23.7. The van der Waals surface area contributed by atoms with Crippen molar-refractivity contribution in [2.24, 2.45) is 0 Å². The summed E-state index contributed by atoms with van der Waals surface area (Å²) < 4.78 is 30.3. The minimum Gasteiger partial charge on any atom is -0.469 e. The lowest BCUT2D eigenvalue weighted by molar-refractivity contribution is -0.140. The molecule has 0 spiro atoms. The van der Waals surface area contributed by atoms with E-state index in [0.717, 1.165) is 5.56 Å². The summed E-state index contributed by atoms with van der Waals surface area (Å²) in [6, 6.07) is 13.4. The fraction of sp³-hybridized carbons (Fsp3) is 0.136. The normalized spacial score (nSPS) is 11.1. The van der Waals surface area contributed by atoms with Crippen molar-refractivity contribution in [3.63, 3.8) is 0 Å². The van der Waals surface area contributed by atoms with Crippen LogP contribution >= 0.6 is 23.2 Å². The summed E-state index contributed by atoms with van der Waals surface area (Å²) in [4.78, 5) is 27.6. The predicted octanol–water partition coefficient (Wildman–Crippen LogP) is 4.58. The van der Waals surface area contributed by atoms with Crippen LogP contribution in [0.5, 0.6) is 0 Å². The van der Waals surface area contributed by atoms with Gasteiger partial charge in [-0.25, -0.2) is 13.4 Å². The van der Waals surface area contributed by atoms with E-state index in [-0.39, 0.29) is 27.3 Å². The maximum Gasteiger partial charge on any atom is 0.305 e. The Bertz CT molecular complexity index is 1240. The van der Waals surface area contributed by atoms with Crippen molar-refractivity contribution in [1.82, 2.24) is 4.98 Å². The van der Waals surface area contributed by atoms with Crippen LogP contribution in [0, 0.1) is 0 Å². The maximum absolute atomic E-state index is 12.8. The van der Waals surface area contributed by atoms with Gasteiger partial charge in [-0.2, -0.15) is 0 Å². The third kappa shape index (κ3) is 5.64. The molecule has 3 aromatic rings. The number of nitrogens with zero attached hydrogens (tertiary/aromatic N) is 1. The molecule has 0 aliphatic rings. The van der Waals surface area contributed by atoms with Gasteiger partial charge >= 0.3 is 5.97 Å². The van der Waals surface area contributed by atoms with Crippen LogP contribution in [0.2, 0.25) is 10.0 Å². The minimum atomic E-state index is -3.85. The summed E-state index contributed by atoms with van der Waals surface area (Å²) in [5.74, 6) is -0.777. The molecule has 166 valence electrons. The van der Waals surface area contributed by atoms with E-state index < -0.39 is 15.7 Å². The second kappa shape index (κ2) is 10.1. The Kier molecular flexibility index (Phi) is 7.50. The molecule has 0 saturated heterocycles. The molecule has 0 fully saturated rings.